The largest absolute Gasteiger partial charge is 0.280 e. The van der Waals surface area contributed by atoms with Gasteiger partial charge in [-0.2, -0.15) is 0 Å². The van der Waals surface area contributed by atoms with Crippen molar-refractivity contribution < 1.29 is 14.4 Å². The van der Waals surface area contributed by atoms with Crippen LogP contribution >= 0.6 is 11.3 Å². The molecule has 3 atom stereocenters. The molecule has 4 rings (SSSR count). The first kappa shape index (κ1) is 14.4. The Labute approximate surface area is 138 Å². The highest BCUT2D eigenvalue weighted by molar-refractivity contribution is 7.10. The molecule has 0 bridgehead atoms. The van der Waals surface area contributed by atoms with E-state index < -0.39 is 12.0 Å². The molecule has 2 aliphatic rings. The van der Waals surface area contributed by atoms with E-state index in [2.05, 4.69) is 0 Å². The number of likely N-dealkylation sites (N-methyl/N-ethyl adjacent to an activating group) is 1. The molecule has 2 fully saturated rings. The summed E-state index contributed by atoms with van der Waals surface area (Å²) >= 11 is 1.58. The van der Waals surface area contributed by atoms with Crippen molar-refractivity contribution in [3.8, 4) is 0 Å². The summed E-state index contributed by atoms with van der Waals surface area (Å²) in [5.74, 6) is -0.858. The van der Waals surface area contributed by atoms with Gasteiger partial charge in [-0.05, 0) is 30.5 Å². The van der Waals surface area contributed by atoms with E-state index in [0.717, 1.165) is 10.6 Å². The summed E-state index contributed by atoms with van der Waals surface area (Å²) in [4.78, 5) is 33.5. The Bertz CT molecular complexity index is 732. The Morgan fingerprint density at radius 2 is 1.87 bits per heavy atom. The third kappa shape index (κ3) is 2.09. The van der Waals surface area contributed by atoms with Crippen LogP contribution in [0.1, 0.15) is 17.8 Å². The number of hydroxylamine groups is 1. The SMILES string of the molecule is CCN1C(=O)[C@@H]2[C@@H](ON(c3ccccc3)[C@H]2c2cccs2)C1=O. The number of likely N-dealkylation sites (tertiary alicyclic amines) is 1. The number of para-hydroxylation sites is 1. The number of amides is 2. The van der Waals surface area contributed by atoms with Gasteiger partial charge in [0.2, 0.25) is 5.91 Å². The van der Waals surface area contributed by atoms with Crippen molar-refractivity contribution in [2.75, 3.05) is 11.6 Å². The normalized spacial score (nSPS) is 26.9. The van der Waals surface area contributed by atoms with Crippen molar-refractivity contribution in [1.29, 1.82) is 0 Å². The van der Waals surface area contributed by atoms with Gasteiger partial charge < -0.3 is 0 Å². The summed E-state index contributed by atoms with van der Waals surface area (Å²) in [6.07, 6.45) is -0.727. The molecule has 0 saturated carbocycles. The molecule has 2 amide bonds. The van der Waals surface area contributed by atoms with Crippen LogP contribution in [0.15, 0.2) is 47.8 Å². The number of benzene rings is 1. The highest BCUT2D eigenvalue weighted by atomic mass is 32.1. The van der Waals surface area contributed by atoms with Crippen molar-refractivity contribution in [1.82, 2.24) is 4.90 Å². The van der Waals surface area contributed by atoms with Gasteiger partial charge in [0, 0.05) is 11.4 Å². The zero-order valence-electron chi connectivity index (χ0n) is 12.6. The first-order valence-electron chi connectivity index (χ1n) is 7.62. The van der Waals surface area contributed by atoms with Crippen LogP contribution in [0.4, 0.5) is 5.69 Å². The summed E-state index contributed by atoms with van der Waals surface area (Å²) < 4.78 is 0. The molecule has 0 N–H and O–H groups in total. The highest BCUT2D eigenvalue weighted by Gasteiger charge is 2.59. The molecule has 0 aliphatic carbocycles. The first-order valence-corrected chi connectivity index (χ1v) is 8.50. The Morgan fingerprint density at radius 3 is 2.52 bits per heavy atom. The number of nitrogens with zero attached hydrogens (tertiary/aromatic N) is 2. The predicted octanol–water partition coefficient (Wildman–Crippen LogP) is 2.61. The predicted molar refractivity (Wildman–Crippen MR) is 86.7 cm³/mol. The van der Waals surface area contributed by atoms with E-state index in [1.807, 2.05) is 54.8 Å². The molecule has 2 aliphatic heterocycles. The maximum Gasteiger partial charge on any atom is 0.261 e. The van der Waals surface area contributed by atoms with Crippen LogP contribution < -0.4 is 5.06 Å². The lowest BCUT2D eigenvalue weighted by atomic mass is 9.95. The number of hydrogen-bond donors (Lipinski definition) is 0. The van der Waals surface area contributed by atoms with E-state index in [9.17, 15) is 9.59 Å². The van der Waals surface area contributed by atoms with Crippen LogP contribution in [-0.2, 0) is 14.4 Å². The molecular weight excluding hydrogens is 312 g/mol. The molecule has 0 spiro atoms. The number of hydrogen-bond acceptors (Lipinski definition) is 5. The number of thiophene rings is 1. The van der Waals surface area contributed by atoms with Crippen molar-refractivity contribution in [3.05, 3.63) is 52.7 Å². The smallest absolute Gasteiger partial charge is 0.261 e. The second-order valence-corrected chi connectivity index (χ2v) is 6.57. The zero-order chi connectivity index (χ0) is 16.0. The lowest BCUT2D eigenvalue weighted by Crippen LogP contribution is -2.36. The molecule has 0 radical (unpaired) electrons. The van der Waals surface area contributed by atoms with Gasteiger partial charge in [0.1, 0.15) is 12.0 Å². The fraction of sp³-hybridized carbons (Fsp3) is 0.294. The van der Waals surface area contributed by atoms with E-state index in [4.69, 9.17) is 4.84 Å². The maximum atomic E-state index is 12.7. The monoisotopic (exact) mass is 328 g/mol. The second-order valence-electron chi connectivity index (χ2n) is 5.59. The molecule has 3 heterocycles. The van der Waals surface area contributed by atoms with Crippen molar-refractivity contribution in [3.63, 3.8) is 0 Å². The minimum atomic E-state index is -0.727. The van der Waals surface area contributed by atoms with Crippen molar-refractivity contribution >= 4 is 28.8 Å². The number of fused-ring (bicyclic) bond motifs is 1. The molecule has 2 aromatic rings. The Hall–Kier alpha value is -2.18. The Kier molecular flexibility index (Phi) is 3.43. The lowest BCUT2D eigenvalue weighted by molar-refractivity contribution is -0.142. The summed E-state index contributed by atoms with van der Waals surface area (Å²) in [7, 11) is 0. The van der Waals surface area contributed by atoms with Crippen LogP contribution in [0.5, 0.6) is 0 Å². The molecule has 23 heavy (non-hydrogen) atoms. The highest BCUT2D eigenvalue weighted by Crippen LogP contribution is 2.47. The molecule has 5 nitrogen and oxygen atoms in total. The number of carbonyl (C=O) groups excluding carboxylic acids is 2. The Morgan fingerprint density at radius 1 is 1.09 bits per heavy atom. The standard InChI is InChI=1S/C17H16N2O3S/c1-2-18-16(20)13-14(12-9-6-10-23-12)19(22-15(13)17(18)21)11-7-4-3-5-8-11/h3-10,13-15H,2H2,1H3/t13-,14-,15+/m0/s1. The topological polar surface area (TPSA) is 49.9 Å². The average molecular weight is 328 g/mol. The summed E-state index contributed by atoms with van der Waals surface area (Å²) in [6, 6.07) is 13.3. The number of anilines is 1. The van der Waals surface area contributed by atoms with E-state index in [-0.39, 0.29) is 17.9 Å². The molecule has 0 unspecified atom stereocenters. The van der Waals surface area contributed by atoms with Gasteiger partial charge >= 0.3 is 0 Å². The van der Waals surface area contributed by atoms with Crippen LogP contribution in [0.3, 0.4) is 0 Å². The number of rotatable bonds is 3. The van der Waals surface area contributed by atoms with Crippen molar-refractivity contribution in [2.24, 2.45) is 5.92 Å². The van der Waals surface area contributed by atoms with Gasteiger partial charge in [0.25, 0.3) is 5.91 Å². The third-order valence-electron chi connectivity index (χ3n) is 4.37. The number of carbonyl (C=O) groups is 2. The molecule has 1 aromatic heterocycles. The molecule has 2 saturated heterocycles. The summed E-state index contributed by atoms with van der Waals surface area (Å²) in [6.45, 7) is 2.20. The third-order valence-corrected chi connectivity index (χ3v) is 5.31. The molecular formula is C17H16N2O3S. The zero-order valence-corrected chi connectivity index (χ0v) is 13.4. The minimum Gasteiger partial charge on any atom is -0.280 e. The molecule has 6 heteroatoms. The van der Waals surface area contributed by atoms with Crippen LogP contribution in [0.2, 0.25) is 0 Å². The van der Waals surface area contributed by atoms with Gasteiger partial charge in [-0.25, -0.2) is 5.06 Å². The summed E-state index contributed by atoms with van der Waals surface area (Å²) in [5.41, 5.74) is 0.851. The average Bonchev–Trinajstić information content (AvgIpc) is 3.27. The van der Waals surface area contributed by atoms with Gasteiger partial charge in [-0.1, -0.05) is 24.3 Å². The lowest BCUT2D eigenvalue weighted by Gasteiger charge is -2.27. The van der Waals surface area contributed by atoms with Gasteiger partial charge in [0.05, 0.1) is 5.69 Å². The Balaban J connectivity index is 1.79. The van der Waals surface area contributed by atoms with Crippen LogP contribution in [-0.4, -0.2) is 29.4 Å². The second kappa shape index (κ2) is 5.47. The van der Waals surface area contributed by atoms with Gasteiger partial charge in [-0.3, -0.25) is 19.3 Å². The summed E-state index contributed by atoms with van der Waals surface area (Å²) in [5, 5.41) is 3.70. The fourth-order valence-electron chi connectivity index (χ4n) is 3.33. The van der Waals surface area contributed by atoms with Crippen molar-refractivity contribution in [2.45, 2.75) is 19.1 Å². The molecule has 1 aromatic carbocycles. The molecule has 118 valence electrons. The number of imide groups is 1. The van der Waals surface area contributed by atoms with E-state index in [1.54, 1.807) is 16.4 Å². The van der Waals surface area contributed by atoms with E-state index in [1.165, 1.54) is 4.90 Å². The fourth-order valence-corrected chi connectivity index (χ4v) is 4.18. The van der Waals surface area contributed by atoms with Gasteiger partial charge in [0.15, 0.2) is 6.10 Å². The van der Waals surface area contributed by atoms with E-state index in [0.29, 0.717) is 6.54 Å². The maximum absolute atomic E-state index is 12.7. The van der Waals surface area contributed by atoms with E-state index >= 15 is 0 Å². The van der Waals surface area contributed by atoms with Gasteiger partial charge in [-0.15, -0.1) is 11.3 Å². The quantitative estimate of drug-likeness (QED) is 0.813. The van der Waals surface area contributed by atoms with Crippen LogP contribution in [0.25, 0.3) is 0 Å². The van der Waals surface area contributed by atoms with Crippen LogP contribution in [0, 0.1) is 5.92 Å². The minimum absolute atomic E-state index is 0.140. The first-order chi connectivity index (χ1) is 11.2.